The molecule has 0 aromatic rings. The molecule has 0 saturated carbocycles. The number of carbonyl (C=O) groups excluding carboxylic acids is 2. The quantitative estimate of drug-likeness (QED) is 0.0357. The molecule has 316 valence electrons. The van der Waals surface area contributed by atoms with E-state index in [0.29, 0.717) is 6.42 Å². The van der Waals surface area contributed by atoms with Crippen LogP contribution < -0.4 is 0 Å². The Morgan fingerprint density at radius 3 is 1.13 bits per heavy atom. The van der Waals surface area contributed by atoms with Gasteiger partial charge in [0.1, 0.15) is 6.61 Å². The number of phosphoric ester groups is 1. The van der Waals surface area contributed by atoms with Crippen LogP contribution in [0.3, 0.4) is 0 Å². The minimum Gasteiger partial charge on any atom is -0.462 e. The summed E-state index contributed by atoms with van der Waals surface area (Å²) in [6, 6.07) is 0. The van der Waals surface area contributed by atoms with Gasteiger partial charge in [-0.3, -0.25) is 14.1 Å². The third-order valence-electron chi connectivity index (χ3n) is 10.3. The summed E-state index contributed by atoms with van der Waals surface area (Å²) in [6.07, 6.45) is 41.1. The van der Waals surface area contributed by atoms with Gasteiger partial charge in [0.25, 0.3) is 0 Å². The molecule has 0 unspecified atom stereocenters. The van der Waals surface area contributed by atoms with E-state index in [1.807, 2.05) is 0 Å². The van der Waals surface area contributed by atoms with Crippen molar-refractivity contribution in [3.63, 3.8) is 0 Å². The molecule has 53 heavy (non-hydrogen) atoms. The van der Waals surface area contributed by atoms with Crippen LogP contribution in [-0.4, -0.2) is 41.0 Å². The normalized spacial score (nSPS) is 12.4. The Labute approximate surface area is 327 Å². The van der Waals surface area contributed by atoms with Crippen molar-refractivity contribution in [2.24, 2.45) is 5.92 Å². The second-order valence-electron chi connectivity index (χ2n) is 16.2. The molecule has 0 fully saturated rings. The van der Waals surface area contributed by atoms with Gasteiger partial charge in [0.2, 0.25) is 0 Å². The summed E-state index contributed by atoms with van der Waals surface area (Å²) in [5.74, 6) is -0.0328. The minimum atomic E-state index is -4.75. The molecular formula is C44H87O8P. The van der Waals surface area contributed by atoms with Crippen molar-refractivity contribution in [3.8, 4) is 0 Å². The summed E-state index contributed by atoms with van der Waals surface area (Å²) in [4.78, 5) is 42.9. The Bertz CT molecular complexity index is 845. The molecule has 0 rings (SSSR count). The van der Waals surface area contributed by atoms with E-state index in [2.05, 4.69) is 25.3 Å². The van der Waals surface area contributed by atoms with Crippen LogP contribution in [0, 0.1) is 5.92 Å². The van der Waals surface area contributed by atoms with E-state index in [1.165, 1.54) is 173 Å². The van der Waals surface area contributed by atoms with E-state index in [4.69, 9.17) is 19.3 Å². The molecule has 2 N–H and O–H groups in total. The monoisotopic (exact) mass is 775 g/mol. The van der Waals surface area contributed by atoms with Crippen molar-refractivity contribution in [1.29, 1.82) is 0 Å². The zero-order chi connectivity index (χ0) is 39.1. The van der Waals surface area contributed by atoms with Gasteiger partial charge in [-0.05, 0) is 18.8 Å². The minimum absolute atomic E-state index is 0.220. The van der Waals surface area contributed by atoms with Gasteiger partial charge in [-0.25, -0.2) is 4.57 Å². The summed E-state index contributed by atoms with van der Waals surface area (Å²) in [5.41, 5.74) is 0. The summed E-state index contributed by atoms with van der Waals surface area (Å²) in [7, 11) is -4.75. The van der Waals surface area contributed by atoms with E-state index in [1.54, 1.807) is 0 Å². The zero-order valence-corrected chi connectivity index (χ0v) is 36.0. The average Bonchev–Trinajstić information content (AvgIpc) is 3.11. The number of hydrogen-bond acceptors (Lipinski definition) is 6. The van der Waals surface area contributed by atoms with Crippen molar-refractivity contribution < 1.29 is 37.9 Å². The number of unbranched alkanes of at least 4 members (excludes halogenated alkanes) is 30. The molecule has 0 aliphatic carbocycles. The first-order chi connectivity index (χ1) is 25.6. The van der Waals surface area contributed by atoms with Crippen molar-refractivity contribution in [1.82, 2.24) is 0 Å². The zero-order valence-electron chi connectivity index (χ0n) is 35.1. The van der Waals surface area contributed by atoms with Crippen LogP contribution in [0.5, 0.6) is 0 Å². The molecule has 0 heterocycles. The number of rotatable bonds is 42. The maximum atomic E-state index is 12.4. The van der Waals surface area contributed by atoms with Crippen molar-refractivity contribution in [3.05, 3.63) is 0 Å². The first-order valence-electron chi connectivity index (χ1n) is 22.7. The highest BCUT2D eigenvalue weighted by molar-refractivity contribution is 7.46. The third kappa shape index (κ3) is 43.6. The van der Waals surface area contributed by atoms with Gasteiger partial charge < -0.3 is 19.3 Å². The first kappa shape index (κ1) is 52.0. The Morgan fingerprint density at radius 1 is 0.472 bits per heavy atom. The van der Waals surface area contributed by atoms with E-state index < -0.39 is 32.5 Å². The molecule has 8 nitrogen and oxygen atoms in total. The molecule has 0 aromatic heterocycles. The topological polar surface area (TPSA) is 119 Å². The Kier molecular flexibility index (Phi) is 38.6. The highest BCUT2D eigenvalue weighted by Gasteiger charge is 2.23. The maximum Gasteiger partial charge on any atom is 0.469 e. The molecule has 0 spiro atoms. The smallest absolute Gasteiger partial charge is 0.462 e. The van der Waals surface area contributed by atoms with Gasteiger partial charge in [0.15, 0.2) is 6.10 Å². The highest BCUT2D eigenvalue weighted by atomic mass is 31.2. The maximum absolute atomic E-state index is 12.4. The van der Waals surface area contributed by atoms with Crippen molar-refractivity contribution in [2.45, 2.75) is 252 Å². The molecule has 0 aromatic carbocycles. The molecule has 0 aliphatic heterocycles. The number of phosphoric acid groups is 1. The standard InChI is InChI=1S/C44H87O8P/c1-4-5-6-7-8-9-10-11-12-13-14-15-20-23-26-29-32-35-38-44(46)52-42(40-51-53(47,48)49)39-50-43(45)37-34-31-28-25-22-19-17-16-18-21-24-27-30-33-36-41(2)3/h41-42H,4-40H2,1-3H3,(H2,47,48,49)/t42-/m1/s1. The molecule has 0 radical (unpaired) electrons. The summed E-state index contributed by atoms with van der Waals surface area (Å²) in [6.45, 7) is 6.07. The third-order valence-corrected chi connectivity index (χ3v) is 10.8. The van der Waals surface area contributed by atoms with Crippen LogP contribution in [0.4, 0.5) is 0 Å². The van der Waals surface area contributed by atoms with Gasteiger partial charge in [-0.1, -0.05) is 220 Å². The van der Waals surface area contributed by atoms with E-state index in [9.17, 15) is 14.2 Å². The molecule has 0 saturated heterocycles. The van der Waals surface area contributed by atoms with E-state index in [0.717, 1.165) is 38.0 Å². The van der Waals surface area contributed by atoms with Crippen LogP contribution in [0.2, 0.25) is 0 Å². The lowest BCUT2D eigenvalue weighted by molar-refractivity contribution is -0.161. The molecule has 0 bridgehead atoms. The van der Waals surface area contributed by atoms with Crippen molar-refractivity contribution in [2.75, 3.05) is 13.2 Å². The van der Waals surface area contributed by atoms with Gasteiger partial charge in [0.05, 0.1) is 6.61 Å². The SMILES string of the molecule is CCCCCCCCCCCCCCCCCCCCC(=O)O[C@H](COC(=O)CCCCCCCCCCCCCCCCC(C)C)COP(=O)(O)O. The van der Waals surface area contributed by atoms with Gasteiger partial charge in [-0.2, -0.15) is 0 Å². The van der Waals surface area contributed by atoms with Gasteiger partial charge >= 0.3 is 19.8 Å². The Morgan fingerprint density at radius 2 is 0.792 bits per heavy atom. The molecular weight excluding hydrogens is 687 g/mol. The number of carbonyl (C=O) groups is 2. The fourth-order valence-electron chi connectivity index (χ4n) is 6.91. The molecule has 1 atom stereocenters. The van der Waals surface area contributed by atoms with Crippen LogP contribution in [0.1, 0.15) is 245 Å². The van der Waals surface area contributed by atoms with Crippen LogP contribution in [0.25, 0.3) is 0 Å². The van der Waals surface area contributed by atoms with Gasteiger partial charge in [0, 0.05) is 12.8 Å². The van der Waals surface area contributed by atoms with Crippen LogP contribution >= 0.6 is 7.82 Å². The molecule has 9 heteroatoms. The predicted molar refractivity (Wildman–Crippen MR) is 221 cm³/mol. The highest BCUT2D eigenvalue weighted by Crippen LogP contribution is 2.36. The Hall–Kier alpha value is -0.950. The molecule has 0 amide bonds. The molecule has 0 aliphatic rings. The largest absolute Gasteiger partial charge is 0.469 e. The summed E-state index contributed by atoms with van der Waals surface area (Å²) >= 11 is 0. The van der Waals surface area contributed by atoms with E-state index >= 15 is 0 Å². The Balaban J connectivity index is 3.82. The second-order valence-corrected chi connectivity index (χ2v) is 17.5. The second kappa shape index (κ2) is 39.3. The van der Waals surface area contributed by atoms with Crippen LogP contribution in [0.15, 0.2) is 0 Å². The lowest BCUT2D eigenvalue weighted by atomic mass is 10.0. The van der Waals surface area contributed by atoms with Crippen molar-refractivity contribution >= 4 is 19.8 Å². The average molecular weight is 775 g/mol. The number of esters is 2. The fourth-order valence-corrected chi connectivity index (χ4v) is 7.27. The number of hydrogen-bond donors (Lipinski definition) is 2. The summed E-state index contributed by atoms with van der Waals surface area (Å²) in [5, 5.41) is 0. The predicted octanol–water partition coefficient (Wildman–Crippen LogP) is 13.9. The first-order valence-corrected chi connectivity index (χ1v) is 24.2. The van der Waals surface area contributed by atoms with Gasteiger partial charge in [-0.15, -0.1) is 0 Å². The summed E-state index contributed by atoms with van der Waals surface area (Å²) < 4.78 is 26.5. The lowest BCUT2D eigenvalue weighted by Gasteiger charge is -2.18. The number of ether oxygens (including phenoxy) is 2. The fraction of sp³-hybridized carbons (Fsp3) is 0.955. The lowest BCUT2D eigenvalue weighted by Crippen LogP contribution is -2.29. The van der Waals surface area contributed by atoms with E-state index in [-0.39, 0.29) is 19.4 Å². The van der Waals surface area contributed by atoms with Crippen LogP contribution in [-0.2, 0) is 28.2 Å².